The summed E-state index contributed by atoms with van der Waals surface area (Å²) in [5.41, 5.74) is 4.45. The van der Waals surface area contributed by atoms with Gasteiger partial charge in [-0.05, 0) is 35.7 Å². The van der Waals surface area contributed by atoms with Crippen molar-refractivity contribution in [3.05, 3.63) is 102 Å². The maximum absolute atomic E-state index is 12.8. The Morgan fingerprint density at radius 1 is 0.885 bits per heavy atom. The van der Waals surface area contributed by atoms with Gasteiger partial charge in [0.15, 0.2) is 0 Å². The van der Waals surface area contributed by atoms with E-state index in [1.54, 1.807) is 0 Å². The number of nitrogens with zero attached hydrogens (tertiary/aromatic N) is 1. The predicted molar refractivity (Wildman–Crippen MR) is 105 cm³/mol. The molecule has 130 valence electrons. The molecule has 3 aromatic rings. The second-order valence-electron chi connectivity index (χ2n) is 6.75. The highest BCUT2D eigenvalue weighted by Crippen LogP contribution is 2.40. The molecule has 0 aromatic heterocycles. The normalized spacial score (nSPS) is 18.4. The van der Waals surface area contributed by atoms with Gasteiger partial charge < -0.3 is 10.2 Å². The molecule has 0 radical (unpaired) electrons. The molecule has 1 aliphatic rings. The first-order valence-corrected chi connectivity index (χ1v) is 8.95. The van der Waals surface area contributed by atoms with Gasteiger partial charge >= 0.3 is 0 Å². The molecule has 3 aromatic carbocycles. The lowest BCUT2D eigenvalue weighted by molar-refractivity contribution is 0.0932. The third-order valence-corrected chi connectivity index (χ3v) is 5.13. The fourth-order valence-electron chi connectivity index (χ4n) is 3.81. The molecule has 26 heavy (non-hydrogen) atoms. The number of rotatable bonds is 4. The number of amides is 1. The third kappa shape index (κ3) is 3.08. The molecule has 2 unspecified atom stereocenters. The van der Waals surface area contributed by atoms with E-state index in [-0.39, 0.29) is 18.0 Å². The second kappa shape index (κ2) is 7.04. The van der Waals surface area contributed by atoms with Gasteiger partial charge in [0, 0.05) is 24.2 Å². The lowest BCUT2D eigenvalue weighted by Crippen LogP contribution is -2.47. The monoisotopic (exact) mass is 342 g/mol. The van der Waals surface area contributed by atoms with Crippen LogP contribution in [0.4, 0.5) is 5.69 Å². The highest BCUT2D eigenvalue weighted by atomic mass is 16.1. The molecule has 4 rings (SSSR count). The molecule has 0 aliphatic carbocycles. The van der Waals surface area contributed by atoms with Crippen molar-refractivity contribution in [2.45, 2.75) is 18.5 Å². The lowest BCUT2D eigenvalue weighted by atomic mass is 9.91. The van der Waals surface area contributed by atoms with Gasteiger partial charge in [-0.25, -0.2) is 0 Å². The van der Waals surface area contributed by atoms with Crippen molar-refractivity contribution < 1.29 is 4.79 Å². The number of benzene rings is 3. The van der Waals surface area contributed by atoms with Crippen LogP contribution >= 0.6 is 0 Å². The number of para-hydroxylation sites is 1. The summed E-state index contributed by atoms with van der Waals surface area (Å²) in [5.74, 6) is 0.180. The van der Waals surface area contributed by atoms with Crippen molar-refractivity contribution >= 4 is 11.6 Å². The zero-order valence-electron chi connectivity index (χ0n) is 14.8. The topological polar surface area (TPSA) is 32.3 Å². The quantitative estimate of drug-likeness (QED) is 0.770. The van der Waals surface area contributed by atoms with Crippen LogP contribution < -0.4 is 10.2 Å². The molecule has 0 bridgehead atoms. The number of carbonyl (C=O) groups excluding carboxylic acids is 1. The Kier molecular flexibility index (Phi) is 4.44. The molecular formula is C23H22N2O. The molecule has 0 spiro atoms. The van der Waals surface area contributed by atoms with Crippen LogP contribution in [0.25, 0.3) is 0 Å². The predicted octanol–water partition coefficient (Wildman–Crippen LogP) is 4.22. The molecule has 1 amide bonds. The van der Waals surface area contributed by atoms with E-state index in [2.05, 4.69) is 65.8 Å². The number of hydrogen-bond acceptors (Lipinski definition) is 2. The molecule has 1 N–H and O–H groups in total. The third-order valence-electron chi connectivity index (χ3n) is 5.13. The molecule has 0 saturated heterocycles. The van der Waals surface area contributed by atoms with E-state index in [1.807, 2.05) is 36.4 Å². The van der Waals surface area contributed by atoms with E-state index in [0.717, 1.165) is 6.42 Å². The SMILES string of the molecule is CN1c2ccccc2C(Cc2ccccc2)C1NC(=O)c1ccccc1. The van der Waals surface area contributed by atoms with Crippen LogP contribution in [-0.4, -0.2) is 19.1 Å². The van der Waals surface area contributed by atoms with Crippen molar-refractivity contribution in [1.82, 2.24) is 5.32 Å². The maximum Gasteiger partial charge on any atom is 0.252 e. The average molecular weight is 342 g/mol. The first kappa shape index (κ1) is 16.4. The summed E-state index contributed by atoms with van der Waals surface area (Å²) in [7, 11) is 2.06. The number of nitrogens with one attached hydrogen (secondary N) is 1. The molecular weight excluding hydrogens is 320 g/mol. The Morgan fingerprint density at radius 2 is 1.50 bits per heavy atom. The second-order valence-corrected chi connectivity index (χ2v) is 6.75. The molecule has 2 atom stereocenters. The van der Waals surface area contributed by atoms with Crippen molar-refractivity contribution in [3.63, 3.8) is 0 Å². The van der Waals surface area contributed by atoms with Crippen molar-refractivity contribution in [2.24, 2.45) is 0 Å². The summed E-state index contributed by atoms with van der Waals surface area (Å²) in [6.07, 6.45) is 0.822. The summed E-state index contributed by atoms with van der Waals surface area (Å²) in [6.45, 7) is 0. The first-order valence-electron chi connectivity index (χ1n) is 8.95. The number of carbonyl (C=O) groups is 1. The van der Waals surface area contributed by atoms with Gasteiger partial charge in [-0.2, -0.15) is 0 Å². The van der Waals surface area contributed by atoms with Gasteiger partial charge in [0.2, 0.25) is 0 Å². The fraction of sp³-hybridized carbons (Fsp3) is 0.174. The van der Waals surface area contributed by atoms with Crippen LogP contribution in [0.15, 0.2) is 84.9 Å². The van der Waals surface area contributed by atoms with E-state index >= 15 is 0 Å². The lowest BCUT2D eigenvalue weighted by Gasteiger charge is -2.28. The molecule has 0 fully saturated rings. The summed E-state index contributed by atoms with van der Waals surface area (Å²) in [6, 6.07) is 28.3. The Balaban J connectivity index is 1.64. The summed E-state index contributed by atoms with van der Waals surface area (Å²) < 4.78 is 0. The van der Waals surface area contributed by atoms with Crippen molar-refractivity contribution in [3.8, 4) is 0 Å². The molecule has 3 nitrogen and oxygen atoms in total. The van der Waals surface area contributed by atoms with Crippen LogP contribution in [0.2, 0.25) is 0 Å². The van der Waals surface area contributed by atoms with E-state index in [4.69, 9.17) is 0 Å². The minimum atomic E-state index is -0.0692. The van der Waals surface area contributed by atoms with Gasteiger partial charge in [-0.1, -0.05) is 66.7 Å². The van der Waals surface area contributed by atoms with Gasteiger partial charge in [0.05, 0.1) is 0 Å². The van der Waals surface area contributed by atoms with Crippen LogP contribution in [0, 0.1) is 0 Å². The molecule has 1 heterocycles. The van der Waals surface area contributed by atoms with Gasteiger partial charge in [-0.15, -0.1) is 0 Å². The summed E-state index contributed by atoms with van der Waals surface area (Å²) in [5, 5.41) is 3.25. The van der Waals surface area contributed by atoms with Gasteiger partial charge in [-0.3, -0.25) is 4.79 Å². The van der Waals surface area contributed by atoms with Crippen LogP contribution in [-0.2, 0) is 6.42 Å². The highest BCUT2D eigenvalue weighted by Gasteiger charge is 2.37. The fourth-order valence-corrected chi connectivity index (χ4v) is 3.81. The Labute approximate surface area is 154 Å². The van der Waals surface area contributed by atoms with E-state index in [9.17, 15) is 4.79 Å². The Morgan fingerprint density at radius 3 is 2.23 bits per heavy atom. The van der Waals surface area contributed by atoms with Crippen molar-refractivity contribution in [2.75, 3.05) is 11.9 Å². The average Bonchev–Trinajstić information content (AvgIpc) is 2.95. The van der Waals surface area contributed by atoms with E-state index in [1.165, 1.54) is 16.8 Å². The minimum absolute atomic E-state index is 0.0340. The number of anilines is 1. The maximum atomic E-state index is 12.8. The number of likely N-dealkylation sites (N-methyl/N-ethyl adjacent to an activating group) is 1. The van der Waals surface area contributed by atoms with Gasteiger partial charge in [0.1, 0.15) is 6.17 Å². The highest BCUT2D eigenvalue weighted by molar-refractivity contribution is 5.94. The first-order chi connectivity index (χ1) is 12.7. The van der Waals surface area contributed by atoms with Crippen LogP contribution in [0.5, 0.6) is 0 Å². The molecule has 3 heteroatoms. The summed E-state index contributed by atoms with van der Waals surface area (Å²) >= 11 is 0. The largest absolute Gasteiger partial charge is 0.354 e. The molecule has 0 saturated carbocycles. The van der Waals surface area contributed by atoms with E-state index in [0.29, 0.717) is 5.56 Å². The Hall–Kier alpha value is -3.07. The number of hydrogen-bond donors (Lipinski definition) is 1. The molecule has 1 aliphatic heterocycles. The van der Waals surface area contributed by atoms with Gasteiger partial charge in [0.25, 0.3) is 5.91 Å². The van der Waals surface area contributed by atoms with E-state index < -0.39 is 0 Å². The minimum Gasteiger partial charge on any atom is -0.354 e. The zero-order chi connectivity index (χ0) is 17.9. The number of fused-ring (bicyclic) bond motifs is 1. The van der Waals surface area contributed by atoms with Crippen molar-refractivity contribution in [1.29, 1.82) is 0 Å². The standard InChI is InChI=1S/C23H22N2O/c1-25-21-15-9-8-14-19(21)20(16-17-10-4-2-5-11-17)22(25)24-23(26)18-12-6-3-7-13-18/h2-15,20,22H,16H2,1H3,(H,24,26). The van der Waals surface area contributed by atoms with Crippen LogP contribution in [0.1, 0.15) is 27.4 Å². The zero-order valence-corrected chi connectivity index (χ0v) is 14.8. The smallest absolute Gasteiger partial charge is 0.252 e. The summed E-state index contributed by atoms with van der Waals surface area (Å²) in [4.78, 5) is 14.9. The van der Waals surface area contributed by atoms with Crippen LogP contribution in [0.3, 0.4) is 0 Å². The Bertz CT molecular complexity index is 892.